The highest BCUT2D eigenvalue weighted by atomic mass is 35.5. The van der Waals surface area contributed by atoms with Crippen molar-refractivity contribution in [2.75, 3.05) is 7.11 Å². The number of likely N-dealkylation sites (tertiary alicyclic amines) is 1. The third kappa shape index (κ3) is 3.94. The molecule has 4 rings (SSSR count). The predicted molar refractivity (Wildman–Crippen MR) is 124 cm³/mol. The number of carbonyl (C=O) groups excluding carboxylic acids is 1. The van der Waals surface area contributed by atoms with Crippen LogP contribution in [0.5, 0.6) is 5.75 Å². The minimum absolute atomic E-state index is 0.146. The number of carboxylic acids is 1. The molecule has 164 valence electrons. The zero-order chi connectivity index (χ0) is 22.8. The van der Waals surface area contributed by atoms with Gasteiger partial charge < -0.3 is 14.7 Å². The third-order valence-corrected chi connectivity index (χ3v) is 6.50. The van der Waals surface area contributed by atoms with E-state index in [1.54, 1.807) is 24.3 Å². The van der Waals surface area contributed by atoms with Crippen molar-refractivity contribution in [3.8, 4) is 16.9 Å². The molecule has 0 radical (unpaired) electrons. The fourth-order valence-corrected chi connectivity index (χ4v) is 4.88. The number of halogens is 2. The molecule has 1 amide bonds. The van der Waals surface area contributed by atoms with E-state index in [1.165, 1.54) is 12.0 Å². The highest BCUT2D eigenvalue weighted by Crippen LogP contribution is 2.43. The number of carboxylic acid groups (broad SMARTS) is 1. The minimum atomic E-state index is -1.06. The highest BCUT2D eigenvalue weighted by Gasteiger charge is 2.43. The molecule has 7 heteroatoms. The lowest BCUT2D eigenvalue weighted by atomic mass is 10.0. The highest BCUT2D eigenvalue weighted by molar-refractivity contribution is 6.36. The molecular weight excluding hydrogens is 449 g/mol. The second-order valence-corrected chi connectivity index (χ2v) is 8.34. The molecule has 0 aromatic heterocycles. The van der Waals surface area contributed by atoms with Crippen LogP contribution in [0.25, 0.3) is 11.1 Å². The Morgan fingerprint density at radius 2 is 1.66 bits per heavy atom. The number of aliphatic carboxylic acids is 1. The summed E-state index contributed by atoms with van der Waals surface area (Å²) in [5, 5.41) is 10.4. The zero-order valence-electron chi connectivity index (χ0n) is 17.3. The Kier molecular flexibility index (Phi) is 6.40. The van der Waals surface area contributed by atoms with Gasteiger partial charge in [-0.1, -0.05) is 71.7 Å². The number of hydrogen-bond acceptors (Lipinski definition) is 3. The first-order chi connectivity index (χ1) is 15.4. The lowest BCUT2D eigenvalue weighted by molar-refractivity contribution is -0.141. The van der Waals surface area contributed by atoms with Crippen molar-refractivity contribution in [1.82, 2.24) is 4.90 Å². The molecule has 0 saturated carbocycles. The molecular formula is C25H21Cl2NO4. The SMILES string of the molecule is COc1c(-c2ccccc2)ccc(C(=O)N2C(C(=O)O)CCC2c2ccccc2Cl)c1Cl. The first kappa shape index (κ1) is 22.2. The maximum Gasteiger partial charge on any atom is 0.326 e. The van der Waals surface area contributed by atoms with Gasteiger partial charge in [0.1, 0.15) is 11.8 Å². The van der Waals surface area contributed by atoms with Crippen LogP contribution >= 0.6 is 23.2 Å². The van der Waals surface area contributed by atoms with E-state index in [-0.39, 0.29) is 10.6 Å². The summed E-state index contributed by atoms with van der Waals surface area (Å²) in [5.41, 5.74) is 2.54. The molecule has 32 heavy (non-hydrogen) atoms. The van der Waals surface area contributed by atoms with Gasteiger partial charge in [-0.25, -0.2) is 4.79 Å². The van der Waals surface area contributed by atoms with Crippen LogP contribution in [0.4, 0.5) is 0 Å². The maximum atomic E-state index is 13.7. The van der Waals surface area contributed by atoms with E-state index in [1.807, 2.05) is 42.5 Å². The van der Waals surface area contributed by atoms with Gasteiger partial charge in [-0.2, -0.15) is 0 Å². The number of amides is 1. The third-order valence-electron chi connectivity index (χ3n) is 5.79. The molecule has 1 saturated heterocycles. The van der Waals surface area contributed by atoms with E-state index in [9.17, 15) is 14.7 Å². The summed E-state index contributed by atoms with van der Waals surface area (Å²) in [7, 11) is 1.49. The van der Waals surface area contributed by atoms with Crippen molar-refractivity contribution in [1.29, 1.82) is 0 Å². The Hall–Kier alpha value is -3.02. The largest absolute Gasteiger partial charge is 0.495 e. The van der Waals surface area contributed by atoms with Crippen molar-refractivity contribution < 1.29 is 19.4 Å². The second-order valence-electron chi connectivity index (χ2n) is 7.56. The summed E-state index contributed by atoms with van der Waals surface area (Å²) in [5.74, 6) is -1.16. The molecule has 0 bridgehead atoms. The number of hydrogen-bond donors (Lipinski definition) is 1. The van der Waals surface area contributed by atoms with Crippen molar-refractivity contribution in [3.05, 3.63) is 87.9 Å². The van der Waals surface area contributed by atoms with Crippen LogP contribution in [0.2, 0.25) is 10.0 Å². The fourth-order valence-electron chi connectivity index (χ4n) is 4.29. The number of rotatable bonds is 5. The average Bonchev–Trinajstić information content (AvgIpc) is 3.24. The summed E-state index contributed by atoms with van der Waals surface area (Å²) >= 11 is 13.0. The molecule has 1 aliphatic heterocycles. The Bertz CT molecular complexity index is 1170. The number of ether oxygens (including phenoxy) is 1. The number of nitrogens with zero attached hydrogens (tertiary/aromatic N) is 1. The number of methoxy groups -OCH3 is 1. The standard InChI is InChI=1S/C25H21Cl2NO4/c1-32-23-16(15-7-3-2-4-8-15)11-12-18(22(23)27)24(29)28-20(13-14-21(28)25(30)31)17-9-5-6-10-19(17)26/h2-12,20-21H,13-14H2,1H3,(H,30,31). The molecule has 1 heterocycles. The fraction of sp³-hybridized carbons (Fsp3) is 0.200. The Morgan fingerprint density at radius 3 is 2.31 bits per heavy atom. The van der Waals surface area contributed by atoms with Gasteiger partial charge in [0.05, 0.1) is 23.7 Å². The minimum Gasteiger partial charge on any atom is -0.495 e. The van der Waals surface area contributed by atoms with Crippen LogP contribution in [-0.2, 0) is 4.79 Å². The summed E-state index contributed by atoms with van der Waals surface area (Å²) in [6, 6.07) is 18.7. The van der Waals surface area contributed by atoms with E-state index in [0.717, 1.165) is 16.7 Å². The number of benzene rings is 3. The summed E-state index contributed by atoms with van der Waals surface area (Å²) in [6.45, 7) is 0. The van der Waals surface area contributed by atoms with Crippen LogP contribution in [0.15, 0.2) is 66.7 Å². The van der Waals surface area contributed by atoms with Gasteiger partial charge in [-0.15, -0.1) is 0 Å². The van der Waals surface area contributed by atoms with E-state index in [2.05, 4.69) is 0 Å². The van der Waals surface area contributed by atoms with E-state index >= 15 is 0 Å². The molecule has 3 aromatic rings. The lowest BCUT2D eigenvalue weighted by Crippen LogP contribution is -2.42. The summed E-state index contributed by atoms with van der Waals surface area (Å²) < 4.78 is 5.55. The smallest absolute Gasteiger partial charge is 0.326 e. The van der Waals surface area contributed by atoms with E-state index < -0.39 is 24.0 Å². The molecule has 2 unspecified atom stereocenters. The van der Waals surface area contributed by atoms with Gasteiger partial charge in [-0.3, -0.25) is 4.79 Å². The topological polar surface area (TPSA) is 66.8 Å². The molecule has 1 fully saturated rings. The predicted octanol–water partition coefficient (Wildman–Crippen LogP) is 6.10. The first-order valence-electron chi connectivity index (χ1n) is 10.2. The van der Waals surface area contributed by atoms with Crippen LogP contribution in [-0.4, -0.2) is 35.0 Å². The molecule has 5 nitrogen and oxygen atoms in total. The van der Waals surface area contributed by atoms with Gasteiger partial charge in [0.15, 0.2) is 0 Å². The molecule has 1 N–H and O–H groups in total. The van der Waals surface area contributed by atoms with Crippen molar-refractivity contribution in [3.63, 3.8) is 0 Å². The number of carbonyl (C=O) groups is 2. The van der Waals surface area contributed by atoms with Gasteiger partial charge in [-0.05, 0) is 42.2 Å². The van der Waals surface area contributed by atoms with E-state index in [0.29, 0.717) is 23.6 Å². The van der Waals surface area contributed by atoms with E-state index in [4.69, 9.17) is 27.9 Å². The monoisotopic (exact) mass is 469 g/mol. The van der Waals surface area contributed by atoms with Crippen LogP contribution in [0, 0.1) is 0 Å². The summed E-state index contributed by atoms with van der Waals surface area (Å²) in [4.78, 5) is 27.0. The molecule has 0 aliphatic carbocycles. The molecule has 3 aromatic carbocycles. The molecule has 1 aliphatic rings. The normalized spacial score (nSPS) is 17.9. The maximum absolute atomic E-state index is 13.7. The Balaban J connectivity index is 1.79. The van der Waals surface area contributed by atoms with Gasteiger partial charge in [0.2, 0.25) is 0 Å². The first-order valence-corrected chi connectivity index (χ1v) is 10.9. The Morgan fingerprint density at radius 1 is 0.969 bits per heavy atom. The van der Waals surface area contributed by atoms with Gasteiger partial charge in [0.25, 0.3) is 5.91 Å². The molecule has 0 spiro atoms. The summed E-state index contributed by atoms with van der Waals surface area (Å²) in [6.07, 6.45) is 0.817. The van der Waals surface area contributed by atoms with Crippen molar-refractivity contribution in [2.45, 2.75) is 24.9 Å². The zero-order valence-corrected chi connectivity index (χ0v) is 18.8. The quantitative estimate of drug-likeness (QED) is 0.490. The van der Waals surface area contributed by atoms with Gasteiger partial charge >= 0.3 is 5.97 Å². The van der Waals surface area contributed by atoms with Crippen LogP contribution < -0.4 is 4.74 Å². The lowest BCUT2D eigenvalue weighted by Gasteiger charge is -2.30. The average molecular weight is 470 g/mol. The molecule has 2 atom stereocenters. The Labute approximate surface area is 196 Å². The second kappa shape index (κ2) is 9.23. The van der Waals surface area contributed by atoms with Crippen molar-refractivity contribution >= 4 is 35.1 Å². The van der Waals surface area contributed by atoms with Gasteiger partial charge in [0, 0.05) is 10.6 Å². The van der Waals surface area contributed by atoms with Crippen LogP contribution in [0.3, 0.4) is 0 Å². The van der Waals surface area contributed by atoms with Crippen molar-refractivity contribution in [2.24, 2.45) is 0 Å². The van der Waals surface area contributed by atoms with Crippen LogP contribution in [0.1, 0.15) is 34.8 Å².